The molecule has 2 rings (SSSR count). The molecule has 1 aromatic rings. The topological polar surface area (TPSA) is 18.5 Å². The van der Waals surface area contributed by atoms with Gasteiger partial charge in [-0.3, -0.25) is 0 Å². The molecule has 0 heterocycles. The first kappa shape index (κ1) is 12.6. The highest BCUT2D eigenvalue weighted by Gasteiger charge is 2.35. The summed E-state index contributed by atoms with van der Waals surface area (Å²) in [4.78, 5) is 0. The molecule has 0 unspecified atom stereocenters. The Kier molecular flexibility index (Phi) is 3.82. The fraction of sp³-hybridized carbons (Fsp3) is 0.571. The predicted molar refractivity (Wildman–Crippen MR) is 70.4 cm³/mol. The van der Waals surface area contributed by atoms with Crippen LogP contribution in [-0.2, 0) is 5.41 Å². The lowest BCUT2D eigenvalue weighted by atomic mass is 9.80. The minimum Gasteiger partial charge on any atom is -0.493 e. The average molecular weight is 255 g/mol. The minimum atomic E-state index is 0.140. The van der Waals surface area contributed by atoms with Crippen molar-refractivity contribution in [3.05, 3.63) is 23.8 Å². The monoisotopic (exact) mass is 254 g/mol. The van der Waals surface area contributed by atoms with Gasteiger partial charge in [0.25, 0.3) is 0 Å². The highest BCUT2D eigenvalue weighted by atomic mass is 35.5. The van der Waals surface area contributed by atoms with Gasteiger partial charge in [-0.25, -0.2) is 0 Å². The Bertz CT molecular complexity index is 384. The highest BCUT2D eigenvalue weighted by Crippen LogP contribution is 2.44. The number of halogens is 1. The Labute approximate surface area is 108 Å². The van der Waals surface area contributed by atoms with Crippen LogP contribution in [0.5, 0.6) is 11.5 Å². The van der Waals surface area contributed by atoms with Crippen molar-refractivity contribution in [1.82, 2.24) is 0 Å². The first-order chi connectivity index (χ1) is 8.25. The van der Waals surface area contributed by atoms with Crippen molar-refractivity contribution in [2.45, 2.75) is 31.1 Å². The zero-order chi connectivity index (χ0) is 12.3. The second kappa shape index (κ2) is 5.18. The second-order valence-corrected chi connectivity index (χ2v) is 4.96. The summed E-state index contributed by atoms with van der Waals surface area (Å²) < 4.78 is 10.6. The first-order valence-corrected chi connectivity index (χ1v) is 6.58. The second-order valence-electron chi connectivity index (χ2n) is 4.69. The molecule has 1 fully saturated rings. The van der Waals surface area contributed by atoms with Crippen molar-refractivity contribution in [3.8, 4) is 11.5 Å². The Balaban J connectivity index is 2.38. The molecule has 0 saturated heterocycles. The summed E-state index contributed by atoms with van der Waals surface area (Å²) in [6.45, 7) is 0. The van der Waals surface area contributed by atoms with Crippen molar-refractivity contribution in [3.63, 3.8) is 0 Å². The van der Waals surface area contributed by atoms with Gasteiger partial charge in [0.15, 0.2) is 11.5 Å². The van der Waals surface area contributed by atoms with Crippen LogP contribution in [-0.4, -0.2) is 20.1 Å². The average Bonchev–Trinajstić information content (AvgIpc) is 2.88. The maximum Gasteiger partial charge on any atom is 0.161 e. The molecular weight excluding hydrogens is 236 g/mol. The maximum absolute atomic E-state index is 6.20. The van der Waals surface area contributed by atoms with Gasteiger partial charge in [-0.05, 0) is 30.5 Å². The van der Waals surface area contributed by atoms with E-state index in [2.05, 4.69) is 12.1 Å². The van der Waals surface area contributed by atoms with Gasteiger partial charge in [-0.1, -0.05) is 18.9 Å². The van der Waals surface area contributed by atoms with Crippen molar-refractivity contribution in [2.75, 3.05) is 20.1 Å². The number of hydrogen-bond donors (Lipinski definition) is 0. The molecule has 2 nitrogen and oxygen atoms in total. The highest BCUT2D eigenvalue weighted by molar-refractivity contribution is 6.18. The molecule has 0 atom stereocenters. The third kappa shape index (κ3) is 2.23. The number of hydrogen-bond acceptors (Lipinski definition) is 2. The molecule has 0 aromatic heterocycles. The third-order valence-electron chi connectivity index (χ3n) is 3.81. The Morgan fingerprint density at radius 3 is 2.29 bits per heavy atom. The third-order valence-corrected chi connectivity index (χ3v) is 4.32. The summed E-state index contributed by atoms with van der Waals surface area (Å²) in [6.07, 6.45) is 4.88. The Hall–Kier alpha value is -0.890. The normalized spacial score (nSPS) is 18.1. The standard InChI is InChI=1S/C14H19ClO2/c1-16-12-6-5-11(9-13(12)17-2)14(10-15)7-3-4-8-14/h5-6,9H,3-4,7-8,10H2,1-2H3. The largest absolute Gasteiger partial charge is 0.493 e. The molecule has 1 saturated carbocycles. The number of benzene rings is 1. The van der Waals surface area contributed by atoms with Crippen LogP contribution in [0.15, 0.2) is 18.2 Å². The number of methoxy groups -OCH3 is 2. The van der Waals surface area contributed by atoms with E-state index in [0.29, 0.717) is 5.88 Å². The molecule has 0 bridgehead atoms. The summed E-state index contributed by atoms with van der Waals surface area (Å²) in [7, 11) is 3.33. The van der Waals surface area contributed by atoms with E-state index in [-0.39, 0.29) is 5.41 Å². The van der Waals surface area contributed by atoms with Gasteiger partial charge in [0.1, 0.15) is 0 Å². The summed E-state index contributed by atoms with van der Waals surface area (Å²) in [5, 5.41) is 0. The van der Waals surface area contributed by atoms with Crippen LogP contribution in [0, 0.1) is 0 Å². The zero-order valence-electron chi connectivity index (χ0n) is 10.5. The van der Waals surface area contributed by atoms with Crippen molar-refractivity contribution in [2.24, 2.45) is 0 Å². The van der Waals surface area contributed by atoms with Crippen LogP contribution in [0.25, 0.3) is 0 Å². The van der Waals surface area contributed by atoms with Gasteiger partial charge in [0, 0.05) is 11.3 Å². The Morgan fingerprint density at radius 1 is 1.12 bits per heavy atom. The van der Waals surface area contributed by atoms with Crippen LogP contribution in [0.4, 0.5) is 0 Å². The van der Waals surface area contributed by atoms with E-state index in [9.17, 15) is 0 Å². The predicted octanol–water partition coefficient (Wildman–Crippen LogP) is 3.75. The van der Waals surface area contributed by atoms with Crippen LogP contribution >= 0.6 is 11.6 Å². The molecule has 1 aliphatic carbocycles. The molecule has 0 radical (unpaired) electrons. The number of rotatable bonds is 4. The van der Waals surface area contributed by atoms with E-state index in [1.165, 1.54) is 31.2 Å². The fourth-order valence-corrected chi connectivity index (χ4v) is 3.14. The molecule has 0 spiro atoms. The smallest absolute Gasteiger partial charge is 0.161 e. The molecule has 0 amide bonds. The molecule has 3 heteroatoms. The van der Waals surface area contributed by atoms with E-state index >= 15 is 0 Å². The van der Waals surface area contributed by atoms with Gasteiger partial charge < -0.3 is 9.47 Å². The molecule has 94 valence electrons. The minimum absolute atomic E-state index is 0.140. The fourth-order valence-electron chi connectivity index (χ4n) is 2.72. The van der Waals surface area contributed by atoms with Crippen molar-refractivity contribution < 1.29 is 9.47 Å². The van der Waals surface area contributed by atoms with E-state index in [1.54, 1.807) is 14.2 Å². The molecule has 0 N–H and O–H groups in total. The lowest BCUT2D eigenvalue weighted by molar-refractivity contribution is 0.353. The van der Waals surface area contributed by atoms with Crippen LogP contribution in [0.2, 0.25) is 0 Å². The van der Waals surface area contributed by atoms with Crippen molar-refractivity contribution >= 4 is 11.6 Å². The van der Waals surface area contributed by atoms with E-state index in [4.69, 9.17) is 21.1 Å². The van der Waals surface area contributed by atoms with Crippen LogP contribution in [0.3, 0.4) is 0 Å². The summed E-state index contributed by atoms with van der Waals surface area (Å²) in [5.74, 6) is 2.25. The molecular formula is C14H19ClO2. The molecule has 1 aliphatic rings. The SMILES string of the molecule is COc1ccc(C2(CCl)CCCC2)cc1OC. The van der Waals surface area contributed by atoms with E-state index in [0.717, 1.165) is 11.5 Å². The van der Waals surface area contributed by atoms with E-state index < -0.39 is 0 Å². The summed E-state index contributed by atoms with van der Waals surface area (Å²) in [6, 6.07) is 6.17. The molecule has 17 heavy (non-hydrogen) atoms. The zero-order valence-corrected chi connectivity index (χ0v) is 11.2. The van der Waals surface area contributed by atoms with Gasteiger partial charge in [0.05, 0.1) is 14.2 Å². The van der Waals surface area contributed by atoms with Gasteiger partial charge in [0.2, 0.25) is 0 Å². The van der Waals surface area contributed by atoms with Gasteiger partial charge >= 0.3 is 0 Å². The quantitative estimate of drug-likeness (QED) is 0.762. The van der Waals surface area contributed by atoms with Crippen LogP contribution < -0.4 is 9.47 Å². The Morgan fingerprint density at radius 2 is 1.76 bits per heavy atom. The molecule has 1 aromatic carbocycles. The maximum atomic E-state index is 6.20. The van der Waals surface area contributed by atoms with E-state index in [1.807, 2.05) is 6.07 Å². The number of alkyl halides is 1. The lowest BCUT2D eigenvalue weighted by Gasteiger charge is -2.27. The van der Waals surface area contributed by atoms with Crippen molar-refractivity contribution in [1.29, 1.82) is 0 Å². The summed E-state index contributed by atoms with van der Waals surface area (Å²) >= 11 is 6.20. The van der Waals surface area contributed by atoms with Gasteiger partial charge in [-0.2, -0.15) is 0 Å². The summed E-state index contributed by atoms with van der Waals surface area (Å²) in [5.41, 5.74) is 1.42. The molecule has 0 aliphatic heterocycles. The van der Waals surface area contributed by atoms with Crippen LogP contribution in [0.1, 0.15) is 31.2 Å². The number of ether oxygens (including phenoxy) is 2. The lowest BCUT2D eigenvalue weighted by Crippen LogP contribution is -2.24. The first-order valence-electron chi connectivity index (χ1n) is 6.04. The van der Waals surface area contributed by atoms with Gasteiger partial charge in [-0.15, -0.1) is 11.6 Å².